The molecule has 0 saturated heterocycles. The minimum Gasteiger partial charge on any atom is -0.303 e. The fourth-order valence-corrected chi connectivity index (χ4v) is 0.701. The molecule has 1 aliphatic rings. The molecule has 0 aromatic rings. The van der Waals surface area contributed by atoms with Crippen LogP contribution in [0.15, 0.2) is 24.3 Å². The summed E-state index contributed by atoms with van der Waals surface area (Å²) in [6.07, 6.45) is 9.62. The summed E-state index contributed by atoms with van der Waals surface area (Å²) in [4.78, 5) is 10.1. The van der Waals surface area contributed by atoms with Crippen molar-refractivity contribution in [2.45, 2.75) is 20.5 Å². The Hall–Kier alpha value is -1.06. The lowest BCUT2D eigenvalue weighted by molar-refractivity contribution is -0.109. The van der Waals surface area contributed by atoms with E-state index < -0.39 is 6.68 Å². The molecule has 0 fully saturated rings. The number of rotatable bonds is 1. The van der Waals surface area contributed by atoms with E-state index in [1.165, 1.54) is 0 Å². The average Bonchev–Trinajstić information content (AvgIpc) is 2.05. The van der Waals surface area contributed by atoms with Gasteiger partial charge in [0.15, 0.2) is 0 Å². The van der Waals surface area contributed by atoms with E-state index in [9.17, 15) is 18.0 Å². The van der Waals surface area contributed by atoms with E-state index in [0.29, 0.717) is 0 Å². The number of halogens is 3. The maximum Gasteiger partial charge on any atom is 0.379 e. The van der Waals surface area contributed by atoms with E-state index in [1.54, 1.807) is 0 Å². The van der Waals surface area contributed by atoms with E-state index in [0.717, 1.165) is 12.7 Å². The van der Waals surface area contributed by atoms with Crippen LogP contribution < -0.4 is 0 Å². The first-order valence-corrected chi connectivity index (χ1v) is 3.37. The van der Waals surface area contributed by atoms with E-state index in [2.05, 4.69) is 0 Å². The summed E-state index contributed by atoms with van der Waals surface area (Å²) in [5.41, 5.74) is 0. The van der Waals surface area contributed by atoms with Crippen molar-refractivity contribution < 1.29 is 18.0 Å². The Bertz CT molecular complexity index is 173. The van der Waals surface area contributed by atoms with Crippen LogP contribution in [0.2, 0.25) is 0 Å². The number of carbonyl (C=O) groups is 1. The van der Waals surface area contributed by atoms with Gasteiger partial charge < -0.3 is 4.79 Å². The van der Waals surface area contributed by atoms with Gasteiger partial charge in [-0.15, -0.1) is 0 Å². The first kappa shape index (κ1) is 14.5. The Kier molecular flexibility index (Phi) is 10.0. The minimum atomic E-state index is -3.67. The van der Waals surface area contributed by atoms with Gasteiger partial charge in [0.25, 0.3) is 0 Å². The molecule has 0 aromatic carbocycles. The molecule has 1 nitrogen and oxygen atoms in total. The van der Waals surface area contributed by atoms with Gasteiger partial charge in [-0.05, 0) is 6.42 Å². The van der Waals surface area contributed by atoms with Gasteiger partial charge in [-0.2, -0.15) is 13.2 Å². The van der Waals surface area contributed by atoms with Gasteiger partial charge in [0.2, 0.25) is 0 Å². The number of hydrogen-bond donors (Lipinski definition) is 0. The predicted molar refractivity (Wildman–Crippen MR) is 46.3 cm³/mol. The van der Waals surface area contributed by atoms with Crippen molar-refractivity contribution in [1.82, 2.24) is 0 Å². The molecule has 13 heavy (non-hydrogen) atoms. The summed E-state index contributed by atoms with van der Waals surface area (Å²) in [7, 11) is 0. The zero-order valence-corrected chi connectivity index (χ0v) is 6.29. The highest BCUT2D eigenvalue weighted by atomic mass is 19.4. The van der Waals surface area contributed by atoms with E-state index in [1.807, 2.05) is 24.3 Å². The van der Waals surface area contributed by atoms with Crippen LogP contribution in [-0.2, 0) is 4.79 Å². The molecule has 0 saturated carbocycles. The van der Waals surface area contributed by atoms with Crippen LogP contribution in [0.4, 0.5) is 13.2 Å². The maximum atomic E-state index is 10.1. The fraction of sp³-hybridized carbons (Fsp3) is 0.444. The van der Waals surface area contributed by atoms with Crippen molar-refractivity contribution in [2.75, 3.05) is 0 Å². The molecular weight excluding hydrogens is 181 g/mol. The zero-order chi connectivity index (χ0) is 9.40. The van der Waals surface area contributed by atoms with Crippen LogP contribution in [0.5, 0.6) is 0 Å². The topological polar surface area (TPSA) is 17.1 Å². The number of aldehydes is 1. The Morgan fingerprint density at radius 3 is 2.08 bits per heavy atom. The third-order valence-corrected chi connectivity index (χ3v) is 1.19. The van der Waals surface area contributed by atoms with Gasteiger partial charge >= 0.3 is 6.68 Å². The van der Waals surface area contributed by atoms with E-state index >= 15 is 0 Å². The van der Waals surface area contributed by atoms with Crippen molar-refractivity contribution in [3.8, 4) is 0 Å². The highest BCUT2D eigenvalue weighted by Gasteiger charge is 1.99. The number of allylic oxidation sites excluding steroid dienone is 4. The van der Waals surface area contributed by atoms with Gasteiger partial charge in [-0.1, -0.05) is 31.7 Å². The highest BCUT2D eigenvalue weighted by Crippen LogP contribution is 2.06. The monoisotopic (exact) mass is 194 g/mol. The van der Waals surface area contributed by atoms with E-state index in [-0.39, 0.29) is 13.3 Å². The van der Waals surface area contributed by atoms with Crippen LogP contribution in [-0.4, -0.2) is 13.0 Å². The van der Waals surface area contributed by atoms with Crippen LogP contribution >= 0.6 is 0 Å². The van der Waals surface area contributed by atoms with Gasteiger partial charge in [0, 0.05) is 5.92 Å². The number of alkyl halides is 3. The molecule has 1 aliphatic carbocycles. The molecule has 0 N–H and O–H groups in total. The molecule has 1 atom stereocenters. The third kappa shape index (κ3) is 10.9. The second-order valence-electron chi connectivity index (χ2n) is 2.10. The lowest BCUT2D eigenvalue weighted by Gasteiger charge is -2.01. The van der Waals surface area contributed by atoms with Crippen LogP contribution in [0, 0.1) is 5.92 Å². The lowest BCUT2D eigenvalue weighted by Crippen LogP contribution is -1.96. The molecular formula is C9H13F3O. The molecule has 0 amide bonds. The second-order valence-corrected chi connectivity index (χ2v) is 2.10. The summed E-state index contributed by atoms with van der Waals surface area (Å²) in [5, 5.41) is 0. The standard InChI is InChI=1S/C7H8O.CHF3.CH4/c8-6-7-4-2-1-3-5-7;2-1(3)4;/h1-4,6-7H,5H2;1H;1H4. The van der Waals surface area contributed by atoms with Crippen molar-refractivity contribution >= 4 is 6.29 Å². The van der Waals surface area contributed by atoms with Crippen molar-refractivity contribution in [3.63, 3.8) is 0 Å². The first-order chi connectivity index (χ1) is 5.66. The second kappa shape index (κ2) is 9.03. The molecule has 76 valence electrons. The summed E-state index contributed by atoms with van der Waals surface area (Å²) in [5.74, 6) is 0.139. The highest BCUT2D eigenvalue weighted by molar-refractivity contribution is 5.57. The van der Waals surface area contributed by atoms with Gasteiger partial charge in [-0.25, -0.2) is 0 Å². The molecule has 4 heteroatoms. The normalized spacial score (nSPS) is 18.6. The molecule has 0 heterocycles. The van der Waals surface area contributed by atoms with Crippen LogP contribution in [0.25, 0.3) is 0 Å². The molecule has 1 unspecified atom stereocenters. The van der Waals surface area contributed by atoms with Gasteiger partial charge in [0.1, 0.15) is 6.29 Å². The zero-order valence-electron chi connectivity index (χ0n) is 6.29. The molecule has 0 aliphatic heterocycles. The van der Waals surface area contributed by atoms with Crippen LogP contribution in [0.3, 0.4) is 0 Å². The van der Waals surface area contributed by atoms with Gasteiger partial charge in [0.05, 0.1) is 0 Å². The smallest absolute Gasteiger partial charge is 0.303 e. The fourth-order valence-electron chi connectivity index (χ4n) is 0.701. The van der Waals surface area contributed by atoms with Crippen LogP contribution in [0.1, 0.15) is 13.8 Å². The van der Waals surface area contributed by atoms with Crippen molar-refractivity contribution in [2.24, 2.45) is 5.92 Å². The minimum absolute atomic E-state index is 0. The Balaban J connectivity index is 0. The Labute approximate surface area is 75.9 Å². The van der Waals surface area contributed by atoms with E-state index in [4.69, 9.17) is 0 Å². The molecule has 0 bridgehead atoms. The van der Waals surface area contributed by atoms with Gasteiger partial charge in [-0.3, -0.25) is 0 Å². The summed E-state index contributed by atoms with van der Waals surface area (Å²) in [6.45, 7) is -3.67. The SMILES string of the molecule is C.FC(F)F.O=CC1C=CC=CC1. The quantitative estimate of drug-likeness (QED) is 0.586. The Morgan fingerprint density at radius 2 is 1.85 bits per heavy atom. The largest absolute Gasteiger partial charge is 0.379 e. The molecule has 0 spiro atoms. The summed E-state index contributed by atoms with van der Waals surface area (Å²) in [6, 6.07) is 0. The summed E-state index contributed by atoms with van der Waals surface area (Å²) < 4.78 is 29.0. The molecule has 0 radical (unpaired) electrons. The summed E-state index contributed by atoms with van der Waals surface area (Å²) >= 11 is 0. The van der Waals surface area contributed by atoms with Crippen molar-refractivity contribution in [1.29, 1.82) is 0 Å². The number of hydrogen-bond acceptors (Lipinski definition) is 1. The maximum absolute atomic E-state index is 10.1. The third-order valence-electron chi connectivity index (χ3n) is 1.19. The number of carbonyl (C=O) groups excluding carboxylic acids is 1. The lowest BCUT2D eigenvalue weighted by atomic mass is 10.0. The molecule has 0 aromatic heterocycles. The molecule has 1 rings (SSSR count). The first-order valence-electron chi connectivity index (χ1n) is 3.37. The Morgan fingerprint density at radius 1 is 1.31 bits per heavy atom. The van der Waals surface area contributed by atoms with Crippen molar-refractivity contribution in [3.05, 3.63) is 24.3 Å². The average molecular weight is 194 g/mol. The predicted octanol–water partition coefficient (Wildman–Crippen LogP) is 3.13.